The third kappa shape index (κ3) is 2.75. The Morgan fingerprint density at radius 2 is 2.22 bits per heavy atom. The average molecular weight is 332 g/mol. The van der Waals surface area contributed by atoms with Crippen LogP contribution < -0.4 is 5.32 Å². The van der Waals surface area contributed by atoms with Gasteiger partial charge in [0.05, 0.1) is 15.1 Å². The Kier molecular flexibility index (Phi) is 3.77. The minimum Gasteiger partial charge on any atom is -0.481 e. The molecule has 1 unspecified atom stereocenters. The molecule has 1 aromatic heterocycles. The second-order valence-electron chi connectivity index (χ2n) is 4.67. The van der Waals surface area contributed by atoms with Crippen LogP contribution in [0.3, 0.4) is 0 Å². The molecule has 18 heavy (non-hydrogen) atoms. The summed E-state index contributed by atoms with van der Waals surface area (Å²) in [5.41, 5.74) is -0.703. The van der Waals surface area contributed by atoms with E-state index >= 15 is 0 Å². The monoisotopic (exact) mass is 331 g/mol. The topological polar surface area (TPSA) is 66.4 Å². The van der Waals surface area contributed by atoms with Crippen molar-refractivity contribution >= 4 is 39.1 Å². The third-order valence-electron chi connectivity index (χ3n) is 3.32. The van der Waals surface area contributed by atoms with Crippen molar-refractivity contribution in [2.45, 2.75) is 25.7 Å². The van der Waals surface area contributed by atoms with Crippen molar-refractivity contribution < 1.29 is 14.7 Å². The normalized spacial score (nSPS) is 18.1. The second-order valence-corrected chi connectivity index (χ2v) is 7.16. The van der Waals surface area contributed by atoms with Gasteiger partial charge < -0.3 is 10.4 Å². The number of thiophene rings is 1. The van der Waals surface area contributed by atoms with Crippen LogP contribution in [0.2, 0.25) is 0 Å². The maximum atomic E-state index is 11.9. The van der Waals surface area contributed by atoms with E-state index in [0.29, 0.717) is 12.8 Å². The number of hydrogen-bond donors (Lipinski definition) is 2. The van der Waals surface area contributed by atoms with Crippen LogP contribution in [-0.4, -0.2) is 23.5 Å². The molecule has 1 saturated carbocycles. The van der Waals surface area contributed by atoms with Crippen molar-refractivity contribution in [2.24, 2.45) is 5.41 Å². The maximum absolute atomic E-state index is 11.9. The summed E-state index contributed by atoms with van der Waals surface area (Å²) in [6, 6.07) is 3.81. The first-order valence-electron chi connectivity index (χ1n) is 5.71. The molecular weight excluding hydrogens is 318 g/mol. The van der Waals surface area contributed by atoms with Crippen LogP contribution in [-0.2, 0) is 9.59 Å². The Morgan fingerprint density at radius 1 is 1.56 bits per heavy atom. The van der Waals surface area contributed by atoms with E-state index in [-0.39, 0.29) is 18.4 Å². The van der Waals surface area contributed by atoms with E-state index in [1.807, 2.05) is 19.1 Å². The van der Waals surface area contributed by atoms with Crippen LogP contribution >= 0.6 is 27.3 Å². The number of halogens is 1. The number of amides is 1. The van der Waals surface area contributed by atoms with Crippen LogP contribution in [0.15, 0.2) is 15.9 Å². The Bertz CT molecular complexity index is 481. The maximum Gasteiger partial charge on any atom is 0.311 e. The minimum absolute atomic E-state index is 0.114. The zero-order valence-corrected chi connectivity index (χ0v) is 12.3. The summed E-state index contributed by atoms with van der Waals surface area (Å²) in [4.78, 5) is 23.9. The van der Waals surface area contributed by atoms with E-state index in [1.54, 1.807) is 0 Å². The molecule has 0 bridgehead atoms. The van der Waals surface area contributed by atoms with Gasteiger partial charge in [-0.15, -0.1) is 11.3 Å². The Hall–Kier alpha value is -0.880. The lowest BCUT2D eigenvalue weighted by Crippen LogP contribution is -2.36. The van der Waals surface area contributed by atoms with Crippen LogP contribution in [0.1, 0.15) is 30.6 Å². The molecule has 1 heterocycles. The molecule has 4 nitrogen and oxygen atoms in total. The highest BCUT2D eigenvalue weighted by atomic mass is 79.9. The molecule has 1 aliphatic carbocycles. The van der Waals surface area contributed by atoms with E-state index in [0.717, 1.165) is 8.66 Å². The molecule has 1 atom stereocenters. The highest BCUT2D eigenvalue weighted by molar-refractivity contribution is 9.11. The standard InChI is InChI=1S/C12H14BrNO3S/c1-7(8-2-3-9(13)18-8)10(15)14-6-12(4-5-12)11(16)17/h2-3,7H,4-6H2,1H3,(H,14,15)(H,16,17). The molecule has 2 N–H and O–H groups in total. The molecular formula is C12H14BrNO3S. The zero-order valence-electron chi connectivity index (χ0n) is 9.90. The second kappa shape index (κ2) is 5.01. The van der Waals surface area contributed by atoms with E-state index in [2.05, 4.69) is 21.2 Å². The highest BCUT2D eigenvalue weighted by Gasteiger charge is 2.50. The summed E-state index contributed by atoms with van der Waals surface area (Å²) in [5.74, 6) is -1.17. The first-order valence-corrected chi connectivity index (χ1v) is 7.32. The Labute approximate surface area is 118 Å². The lowest BCUT2D eigenvalue weighted by molar-refractivity contribution is -0.143. The fourth-order valence-corrected chi connectivity index (χ4v) is 3.19. The van der Waals surface area contributed by atoms with Crippen LogP contribution in [0.25, 0.3) is 0 Å². The van der Waals surface area contributed by atoms with Gasteiger partial charge in [0, 0.05) is 11.4 Å². The first-order chi connectivity index (χ1) is 8.44. The van der Waals surface area contributed by atoms with Crippen LogP contribution in [0.4, 0.5) is 0 Å². The number of hydrogen-bond acceptors (Lipinski definition) is 3. The number of carbonyl (C=O) groups is 2. The first kappa shape index (κ1) is 13.5. The van der Waals surface area contributed by atoms with E-state index in [9.17, 15) is 9.59 Å². The SMILES string of the molecule is CC(C(=O)NCC1(C(=O)O)CC1)c1ccc(Br)s1. The lowest BCUT2D eigenvalue weighted by atomic mass is 10.1. The molecule has 0 radical (unpaired) electrons. The smallest absolute Gasteiger partial charge is 0.311 e. The minimum atomic E-state index is -0.811. The molecule has 98 valence electrons. The van der Waals surface area contributed by atoms with E-state index in [4.69, 9.17) is 5.11 Å². The molecule has 0 aliphatic heterocycles. The zero-order chi connectivity index (χ0) is 13.3. The summed E-state index contributed by atoms with van der Waals surface area (Å²) in [6.07, 6.45) is 1.31. The fraction of sp³-hybridized carbons (Fsp3) is 0.500. The summed E-state index contributed by atoms with van der Waals surface area (Å²) in [6.45, 7) is 2.06. The van der Waals surface area contributed by atoms with Crippen molar-refractivity contribution in [3.05, 3.63) is 20.8 Å². The van der Waals surface area contributed by atoms with Crippen molar-refractivity contribution in [3.63, 3.8) is 0 Å². The quantitative estimate of drug-likeness (QED) is 0.871. The van der Waals surface area contributed by atoms with Gasteiger partial charge in [0.15, 0.2) is 0 Å². The fourth-order valence-electron chi connectivity index (χ4n) is 1.72. The molecule has 1 amide bonds. The molecule has 0 saturated heterocycles. The van der Waals surface area contributed by atoms with Crippen molar-refractivity contribution in [1.29, 1.82) is 0 Å². The van der Waals surface area contributed by atoms with Gasteiger partial charge in [0.2, 0.25) is 5.91 Å². The predicted octanol–water partition coefficient (Wildman–Crippen LogP) is 2.60. The summed E-state index contributed by atoms with van der Waals surface area (Å²) in [5, 5.41) is 11.8. The molecule has 6 heteroatoms. The third-order valence-corrected chi connectivity index (χ3v) is 5.13. The van der Waals surface area contributed by atoms with E-state index in [1.165, 1.54) is 11.3 Å². The largest absolute Gasteiger partial charge is 0.481 e. The summed E-state index contributed by atoms with van der Waals surface area (Å²) < 4.78 is 0.987. The van der Waals surface area contributed by atoms with Gasteiger partial charge in [-0.1, -0.05) is 0 Å². The summed E-state index contributed by atoms with van der Waals surface area (Å²) >= 11 is 4.88. The van der Waals surface area contributed by atoms with Gasteiger partial charge in [-0.3, -0.25) is 9.59 Å². The molecule has 1 aromatic rings. The van der Waals surface area contributed by atoms with Gasteiger partial charge in [0.1, 0.15) is 0 Å². The van der Waals surface area contributed by atoms with Crippen LogP contribution in [0.5, 0.6) is 0 Å². The molecule has 1 aliphatic rings. The number of carboxylic acids is 1. The molecule has 0 aromatic carbocycles. The number of aliphatic carboxylic acids is 1. The molecule has 0 spiro atoms. The van der Waals surface area contributed by atoms with Crippen molar-refractivity contribution in [3.8, 4) is 0 Å². The average Bonchev–Trinajstić information content (AvgIpc) is 3.01. The summed E-state index contributed by atoms with van der Waals surface area (Å²) in [7, 11) is 0. The lowest BCUT2D eigenvalue weighted by Gasteiger charge is -2.14. The molecule has 1 fully saturated rings. The van der Waals surface area contributed by atoms with Crippen molar-refractivity contribution in [2.75, 3.05) is 6.54 Å². The Morgan fingerprint density at radius 3 is 2.67 bits per heavy atom. The number of rotatable bonds is 5. The van der Waals surface area contributed by atoms with Gasteiger partial charge in [0.25, 0.3) is 0 Å². The number of nitrogens with one attached hydrogen (secondary N) is 1. The van der Waals surface area contributed by atoms with E-state index < -0.39 is 11.4 Å². The van der Waals surface area contributed by atoms with Crippen molar-refractivity contribution in [1.82, 2.24) is 5.32 Å². The predicted molar refractivity (Wildman–Crippen MR) is 72.7 cm³/mol. The highest BCUT2D eigenvalue weighted by Crippen LogP contribution is 2.45. The van der Waals surface area contributed by atoms with Gasteiger partial charge in [-0.05, 0) is 47.8 Å². The molecule has 2 rings (SSSR count). The van der Waals surface area contributed by atoms with Gasteiger partial charge >= 0.3 is 5.97 Å². The number of carbonyl (C=O) groups excluding carboxylic acids is 1. The Balaban J connectivity index is 1.90. The number of carboxylic acid groups (broad SMARTS) is 1. The van der Waals surface area contributed by atoms with Gasteiger partial charge in [-0.25, -0.2) is 0 Å². The van der Waals surface area contributed by atoms with Gasteiger partial charge in [-0.2, -0.15) is 0 Å². The van der Waals surface area contributed by atoms with Crippen LogP contribution in [0, 0.1) is 5.41 Å².